The molecule has 0 saturated heterocycles. The van der Waals surface area contributed by atoms with Crippen LogP contribution in [0.25, 0.3) is 0 Å². The molecule has 2 aromatic rings. The third kappa shape index (κ3) is 5.42. The summed E-state index contributed by atoms with van der Waals surface area (Å²) in [6, 6.07) is 4.92. The minimum atomic E-state index is -4.34. The van der Waals surface area contributed by atoms with Crippen LogP contribution in [0.5, 0.6) is 0 Å². The second-order valence-electron chi connectivity index (χ2n) is 5.58. The van der Waals surface area contributed by atoms with E-state index in [9.17, 15) is 18.0 Å². The molecule has 1 heterocycles. The summed E-state index contributed by atoms with van der Waals surface area (Å²) in [5, 5.41) is 9.50. The zero-order valence-electron chi connectivity index (χ0n) is 13.7. The summed E-state index contributed by atoms with van der Waals surface area (Å²) in [5.41, 5.74) is 0.0398. The topological polar surface area (TPSA) is 62.7 Å². The quantitative estimate of drug-likeness (QED) is 0.734. The van der Waals surface area contributed by atoms with E-state index in [1.54, 1.807) is 4.57 Å². The predicted octanol–water partition coefficient (Wildman–Crippen LogP) is 3.27. The van der Waals surface area contributed by atoms with Crippen molar-refractivity contribution in [2.45, 2.75) is 38.9 Å². The average Bonchev–Trinajstić information content (AvgIpc) is 2.88. The van der Waals surface area contributed by atoms with E-state index in [0.29, 0.717) is 24.2 Å². The van der Waals surface area contributed by atoms with E-state index >= 15 is 0 Å². The van der Waals surface area contributed by atoms with Gasteiger partial charge in [0.1, 0.15) is 12.4 Å². The van der Waals surface area contributed by atoms with E-state index in [-0.39, 0.29) is 12.5 Å². The van der Waals surface area contributed by atoms with Crippen LogP contribution in [-0.4, -0.2) is 27.2 Å². The molecule has 2 N–H and O–H groups in total. The number of benzene rings is 1. The fourth-order valence-corrected chi connectivity index (χ4v) is 2.55. The zero-order chi connectivity index (χ0) is 18.4. The number of alkyl halides is 3. The Morgan fingerprint density at radius 3 is 2.56 bits per heavy atom. The maximum atomic E-state index is 12.5. The number of hydrogen-bond donors (Lipinski definition) is 2. The molecule has 136 valence electrons. The van der Waals surface area contributed by atoms with Crippen LogP contribution < -0.4 is 5.32 Å². The lowest BCUT2D eigenvalue weighted by Gasteiger charge is -2.09. The molecule has 0 radical (unpaired) electrons. The molecule has 1 aromatic carbocycles. The second-order valence-corrected chi connectivity index (χ2v) is 5.96. The summed E-state index contributed by atoms with van der Waals surface area (Å²) in [4.78, 5) is 12.0. The minimum absolute atomic E-state index is 0.0671. The fraction of sp³-hybridized carbons (Fsp3) is 0.438. The largest absolute Gasteiger partial charge is 0.416 e. The number of hydrogen-bond acceptors (Lipinski definition) is 3. The highest BCUT2D eigenvalue weighted by Gasteiger charge is 2.29. The molecule has 1 amide bonds. The van der Waals surface area contributed by atoms with Gasteiger partial charge in [-0.05, 0) is 42.8 Å². The molecule has 0 spiro atoms. The molecule has 0 fully saturated rings. The van der Waals surface area contributed by atoms with E-state index in [1.807, 2.05) is 6.92 Å². The van der Waals surface area contributed by atoms with Gasteiger partial charge in [-0.1, -0.05) is 19.1 Å². The Labute approximate surface area is 148 Å². The molecule has 0 atom stereocenters. The van der Waals surface area contributed by atoms with E-state index in [4.69, 9.17) is 12.2 Å². The normalized spacial score (nSPS) is 11.5. The van der Waals surface area contributed by atoms with Gasteiger partial charge in [0, 0.05) is 13.0 Å². The van der Waals surface area contributed by atoms with Gasteiger partial charge in [-0.2, -0.15) is 18.3 Å². The molecule has 0 aliphatic carbocycles. The van der Waals surface area contributed by atoms with Gasteiger partial charge in [-0.25, -0.2) is 0 Å². The van der Waals surface area contributed by atoms with Crippen molar-refractivity contribution in [3.05, 3.63) is 46.0 Å². The van der Waals surface area contributed by atoms with Crippen LogP contribution in [0.1, 0.15) is 30.3 Å². The number of H-pyrrole nitrogens is 1. The van der Waals surface area contributed by atoms with Crippen molar-refractivity contribution < 1.29 is 18.0 Å². The van der Waals surface area contributed by atoms with E-state index in [2.05, 4.69) is 15.5 Å². The number of rotatable bonds is 7. The molecule has 9 heteroatoms. The number of aromatic nitrogens is 3. The summed E-state index contributed by atoms with van der Waals surface area (Å²) in [7, 11) is 0. The first kappa shape index (κ1) is 19.2. The van der Waals surface area contributed by atoms with Gasteiger partial charge < -0.3 is 5.32 Å². The number of carbonyl (C=O) groups is 1. The molecule has 0 unspecified atom stereocenters. The van der Waals surface area contributed by atoms with Gasteiger partial charge in [0.05, 0.1) is 5.56 Å². The van der Waals surface area contributed by atoms with E-state index in [1.165, 1.54) is 12.1 Å². The van der Waals surface area contributed by atoms with Crippen LogP contribution in [0.15, 0.2) is 24.3 Å². The summed E-state index contributed by atoms with van der Waals surface area (Å²) in [6.45, 7) is 2.41. The summed E-state index contributed by atoms with van der Waals surface area (Å²) < 4.78 is 39.5. The van der Waals surface area contributed by atoms with Crippen molar-refractivity contribution in [3.8, 4) is 0 Å². The smallest absolute Gasteiger partial charge is 0.354 e. The number of amides is 1. The highest BCUT2D eigenvalue weighted by atomic mass is 32.1. The second kappa shape index (κ2) is 8.28. The van der Waals surface area contributed by atoms with Crippen molar-refractivity contribution in [1.29, 1.82) is 0 Å². The third-order valence-electron chi connectivity index (χ3n) is 3.63. The monoisotopic (exact) mass is 372 g/mol. The number of halogens is 3. The summed E-state index contributed by atoms with van der Waals surface area (Å²) in [5.74, 6) is 0.507. The van der Waals surface area contributed by atoms with Crippen molar-refractivity contribution in [1.82, 2.24) is 20.1 Å². The first-order valence-electron chi connectivity index (χ1n) is 7.88. The van der Waals surface area contributed by atoms with Crippen molar-refractivity contribution in [3.63, 3.8) is 0 Å². The Hall–Kier alpha value is -2.16. The number of aromatic amines is 1. The van der Waals surface area contributed by atoms with Crippen molar-refractivity contribution in [2.24, 2.45) is 0 Å². The van der Waals surface area contributed by atoms with Crippen LogP contribution in [0, 0.1) is 4.77 Å². The predicted molar refractivity (Wildman–Crippen MR) is 89.6 cm³/mol. The van der Waals surface area contributed by atoms with E-state index in [0.717, 1.165) is 29.9 Å². The lowest BCUT2D eigenvalue weighted by Crippen LogP contribution is -2.30. The summed E-state index contributed by atoms with van der Waals surface area (Å²) in [6.07, 6.45) is -2.30. The van der Waals surface area contributed by atoms with Crippen molar-refractivity contribution in [2.75, 3.05) is 6.54 Å². The SMILES string of the molecule is CCCc1n[nH]c(=S)n1CC(=O)NCCc1ccc(C(F)(F)F)cc1. The molecule has 0 aliphatic heterocycles. The van der Waals surface area contributed by atoms with Gasteiger partial charge in [0.15, 0.2) is 4.77 Å². The molecule has 5 nitrogen and oxygen atoms in total. The first-order valence-corrected chi connectivity index (χ1v) is 8.29. The zero-order valence-corrected chi connectivity index (χ0v) is 14.5. The molecule has 0 aliphatic rings. The Bertz CT molecular complexity index is 765. The lowest BCUT2D eigenvalue weighted by atomic mass is 10.1. The third-order valence-corrected chi connectivity index (χ3v) is 3.94. The molecule has 0 bridgehead atoms. The number of carbonyl (C=O) groups excluding carboxylic acids is 1. The fourth-order valence-electron chi connectivity index (χ4n) is 2.33. The van der Waals surface area contributed by atoms with Gasteiger partial charge in [0.25, 0.3) is 0 Å². The van der Waals surface area contributed by atoms with Crippen LogP contribution in [-0.2, 0) is 30.4 Å². The van der Waals surface area contributed by atoms with Crippen LogP contribution in [0.2, 0.25) is 0 Å². The Kier molecular flexibility index (Phi) is 6.35. The molecular formula is C16H19F3N4OS. The number of nitrogens with zero attached hydrogens (tertiary/aromatic N) is 2. The lowest BCUT2D eigenvalue weighted by molar-refractivity contribution is -0.137. The molecular weight excluding hydrogens is 353 g/mol. The van der Waals surface area contributed by atoms with Gasteiger partial charge in [-0.3, -0.25) is 14.5 Å². The number of aryl methyl sites for hydroxylation is 1. The molecule has 1 aromatic heterocycles. The number of nitrogens with one attached hydrogen (secondary N) is 2. The molecule has 0 saturated carbocycles. The van der Waals surface area contributed by atoms with Crippen molar-refractivity contribution >= 4 is 18.1 Å². The van der Waals surface area contributed by atoms with Crippen LogP contribution >= 0.6 is 12.2 Å². The average molecular weight is 372 g/mol. The van der Waals surface area contributed by atoms with Gasteiger partial charge in [-0.15, -0.1) is 0 Å². The maximum Gasteiger partial charge on any atom is 0.416 e. The molecule has 2 rings (SSSR count). The van der Waals surface area contributed by atoms with E-state index < -0.39 is 11.7 Å². The first-order chi connectivity index (χ1) is 11.8. The van der Waals surface area contributed by atoms with Crippen LogP contribution in [0.3, 0.4) is 0 Å². The Morgan fingerprint density at radius 2 is 1.96 bits per heavy atom. The minimum Gasteiger partial charge on any atom is -0.354 e. The van der Waals surface area contributed by atoms with Gasteiger partial charge >= 0.3 is 6.18 Å². The Morgan fingerprint density at radius 1 is 1.28 bits per heavy atom. The standard InChI is InChI=1S/C16H19F3N4OS/c1-2-3-13-21-22-15(25)23(13)10-14(24)20-9-8-11-4-6-12(7-5-11)16(17,18)19/h4-7H,2-3,8-10H2,1H3,(H,20,24)(H,22,25). The Balaban J connectivity index is 1.85. The van der Waals surface area contributed by atoms with Crippen LogP contribution in [0.4, 0.5) is 13.2 Å². The molecule has 25 heavy (non-hydrogen) atoms. The summed E-state index contributed by atoms with van der Waals surface area (Å²) >= 11 is 5.11. The maximum absolute atomic E-state index is 12.5. The highest BCUT2D eigenvalue weighted by Crippen LogP contribution is 2.29. The van der Waals surface area contributed by atoms with Gasteiger partial charge in [0.2, 0.25) is 5.91 Å². The highest BCUT2D eigenvalue weighted by molar-refractivity contribution is 7.71.